The van der Waals surface area contributed by atoms with Crippen LogP contribution in [0.2, 0.25) is 0 Å². The van der Waals surface area contributed by atoms with Gasteiger partial charge in [0.15, 0.2) is 5.78 Å². The lowest BCUT2D eigenvalue weighted by Crippen LogP contribution is -2.26. The normalized spacial score (nSPS) is 18.4. The van der Waals surface area contributed by atoms with Gasteiger partial charge in [-0.25, -0.2) is 0 Å². The third-order valence-corrected chi connectivity index (χ3v) is 2.66. The second-order valence-corrected chi connectivity index (χ2v) is 3.62. The zero-order valence-electron chi connectivity index (χ0n) is 8.41. The van der Waals surface area contributed by atoms with Crippen molar-refractivity contribution in [2.24, 2.45) is 5.92 Å². The van der Waals surface area contributed by atoms with E-state index in [1.54, 1.807) is 0 Å². The highest BCUT2D eigenvalue weighted by atomic mass is 16.7. The molecule has 76 valence electrons. The van der Waals surface area contributed by atoms with Gasteiger partial charge < -0.3 is 9.47 Å². The molecule has 0 radical (unpaired) electrons. The van der Waals surface area contributed by atoms with E-state index in [1.807, 2.05) is 0 Å². The van der Waals surface area contributed by atoms with Crippen LogP contribution in [0.15, 0.2) is 0 Å². The largest absolute Gasteiger partial charge is 0.349 e. The van der Waals surface area contributed by atoms with E-state index in [1.165, 1.54) is 39.9 Å². The first-order valence-electron chi connectivity index (χ1n) is 4.86. The van der Waals surface area contributed by atoms with E-state index in [-0.39, 0.29) is 5.78 Å². The molecular formula is C10H18O3. The average molecular weight is 186 g/mol. The summed E-state index contributed by atoms with van der Waals surface area (Å²) >= 11 is 0. The van der Waals surface area contributed by atoms with Crippen molar-refractivity contribution in [2.45, 2.75) is 38.4 Å². The molecule has 1 saturated carbocycles. The summed E-state index contributed by atoms with van der Waals surface area (Å²) in [7, 11) is 3.00. The molecule has 0 aromatic heterocycles. The molecular weight excluding hydrogens is 168 g/mol. The van der Waals surface area contributed by atoms with Gasteiger partial charge in [-0.2, -0.15) is 0 Å². The number of methoxy groups -OCH3 is 2. The Morgan fingerprint density at radius 1 is 1.31 bits per heavy atom. The minimum atomic E-state index is -0.652. The number of carbonyl (C=O) groups is 1. The summed E-state index contributed by atoms with van der Waals surface area (Å²) in [5, 5.41) is 0. The van der Waals surface area contributed by atoms with Crippen molar-refractivity contribution >= 4 is 5.78 Å². The fourth-order valence-corrected chi connectivity index (χ4v) is 1.95. The molecule has 0 saturated heterocycles. The molecule has 1 aliphatic rings. The lowest BCUT2D eigenvalue weighted by Gasteiger charge is -2.14. The zero-order valence-corrected chi connectivity index (χ0v) is 8.41. The van der Waals surface area contributed by atoms with Crippen molar-refractivity contribution < 1.29 is 14.3 Å². The maximum atomic E-state index is 11.5. The van der Waals surface area contributed by atoms with Crippen LogP contribution in [0.5, 0.6) is 0 Å². The Morgan fingerprint density at radius 3 is 2.31 bits per heavy atom. The third kappa shape index (κ3) is 3.08. The first-order chi connectivity index (χ1) is 6.27. The molecule has 0 aromatic rings. The fraction of sp³-hybridized carbons (Fsp3) is 0.900. The molecule has 0 aromatic carbocycles. The molecule has 1 fully saturated rings. The van der Waals surface area contributed by atoms with Crippen molar-refractivity contribution in [1.29, 1.82) is 0 Å². The van der Waals surface area contributed by atoms with Crippen LogP contribution in [0.25, 0.3) is 0 Å². The fourth-order valence-electron chi connectivity index (χ4n) is 1.95. The second-order valence-electron chi connectivity index (χ2n) is 3.62. The van der Waals surface area contributed by atoms with Gasteiger partial charge in [-0.15, -0.1) is 0 Å². The Morgan fingerprint density at radius 2 is 1.85 bits per heavy atom. The van der Waals surface area contributed by atoms with E-state index in [4.69, 9.17) is 9.47 Å². The van der Waals surface area contributed by atoms with Crippen LogP contribution >= 0.6 is 0 Å². The summed E-state index contributed by atoms with van der Waals surface area (Å²) in [5.41, 5.74) is 0. The van der Waals surface area contributed by atoms with Crippen LogP contribution in [0.1, 0.15) is 32.1 Å². The first kappa shape index (κ1) is 10.7. The number of carbonyl (C=O) groups excluding carboxylic acids is 1. The molecule has 13 heavy (non-hydrogen) atoms. The van der Waals surface area contributed by atoms with Gasteiger partial charge in [-0.1, -0.05) is 25.7 Å². The minimum Gasteiger partial charge on any atom is -0.349 e. The van der Waals surface area contributed by atoms with Crippen molar-refractivity contribution in [3.63, 3.8) is 0 Å². The second kappa shape index (κ2) is 5.35. The Hall–Kier alpha value is -0.410. The average Bonchev–Trinajstić information content (AvgIpc) is 2.59. The highest BCUT2D eigenvalue weighted by molar-refractivity contribution is 5.82. The van der Waals surface area contributed by atoms with Crippen LogP contribution in [-0.4, -0.2) is 26.3 Å². The summed E-state index contributed by atoms with van der Waals surface area (Å²) < 4.78 is 9.80. The number of hydrogen-bond acceptors (Lipinski definition) is 3. The first-order valence-corrected chi connectivity index (χ1v) is 4.86. The van der Waals surface area contributed by atoms with Crippen molar-refractivity contribution in [2.75, 3.05) is 14.2 Å². The number of Topliss-reactive ketones (excluding diaryl/α,β-unsaturated/α-hetero) is 1. The molecule has 1 rings (SSSR count). The van der Waals surface area contributed by atoms with Crippen LogP contribution in [0, 0.1) is 5.92 Å². The number of ether oxygens (including phenoxy) is 2. The molecule has 0 bridgehead atoms. The monoisotopic (exact) mass is 186 g/mol. The summed E-state index contributed by atoms with van der Waals surface area (Å²) in [5.74, 6) is 0.650. The van der Waals surface area contributed by atoms with E-state index in [0.29, 0.717) is 12.3 Å². The van der Waals surface area contributed by atoms with Crippen molar-refractivity contribution in [3.05, 3.63) is 0 Å². The van der Waals surface area contributed by atoms with E-state index in [2.05, 4.69) is 0 Å². The lowest BCUT2D eigenvalue weighted by atomic mass is 10.0. The SMILES string of the molecule is COC(OC)C(=O)CC1CCCC1. The minimum absolute atomic E-state index is 0.0805. The molecule has 3 nitrogen and oxygen atoms in total. The van der Waals surface area contributed by atoms with Crippen molar-refractivity contribution in [3.8, 4) is 0 Å². The molecule has 0 amide bonds. The summed E-state index contributed by atoms with van der Waals surface area (Å²) in [4.78, 5) is 11.5. The van der Waals surface area contributed by atoms with Gasteiger partial charge in [-0.05, 0) is 5.92 Å². The predicted octanol–water partition coefficient (Wildman–Crippen LogP) is 1.75. The Kier molecular flexibility index (Phi) is 4.39. The highest BCUT2D eigenvalue weighted by Gasteiger charge is 2.23. The van der Waals surface area contributed by atoms with Crippen LogP contribution in [-0.2, 0) is 14.3 Å². The molecule has 0 aliphatic heterocycles. The van der Waals surface area contributed by atoms with Crippen LogP contribution < -0.4 is 0 Å². The van der Waals surface area contributed by atoms with E-state index >= 15 is 0 Å². The van der Waals surface area contributed by atoms with Crippen molar-refractivity contribution in [1.82, 2.24) is 0 Å². The summed E-state index contributed by atoms with van der Waals surface area (Å²) in [6.45, 7) is 0. The topological polar surface area (TPSA) is 35.5 Å². The molecule has 3 heteroatoms. The standard InChI is InChI=1S/C10H18O3/c1-12-10(13-2)9(11)7-8-5-3-4-6-8/h8,10H,3-7H2,1-2H3. The van der Waals surface area contributed by atoms with Gasteiger partial charge >= 0.3 is 0 Å². The zero-order chi connectivity index (χ0) is 9.68. The smallest absolute Gasteiger partial charge is 0.217 e. The maximum absolute atomic E-state index is 11.5. The summed E-state index contributed by atoms with van der Waals surface area (Å²) in [6.07, 6.45) is 4.87. The molecule has 0 heterocycles. The third-order valence-electron chi connectivity index (χ3n) is 2.66. The van der Waals surface area contributed by atoms with Gasteiger partial charge in [0.05, 0.1) is 0 Å². The molecule has 0 N–H and O–H groups in total. The van der Waals surface area contributed by atoms with Gasteiger partial charge in [-0.3, -0.25) is 4.79 Å². The lowest BCUT2D eigenvalue weighted by molar-refractivity contribution is -0.157. The Balaban J connectivity index is 2.29. The van der Waals surface area contributed by atoms with Crippen LogP contribution in [0.4, 0.5) is 0 Å². The number of rotatable bonds is 5. The molecule has 1 aliphatic carbocycles. The Bertz CT molecular complexity index is 158. The van der Waals surface area contributed by atoms with Gasteiger partial charge in [0.2, 0.25) is 6.29 Å². The van der Waals surface area contributed by atoms with Crippen LogP contribution in [0.3, 0.4) is 0 Å². The number of hydrogen-bond donors (Lipinski definition) is 0. The predicted molar refractivity (Wildman–Crippen MR) is 49.4 cm³/mol. The number of ketones is 1. The highest BCUT2D eigenvalue weighted by Crippen LogP contribution is 2.28. The molecule has 0 unspecified atom stereocenters. The molecule has 0 atom stereocenters. The molecule has 0 spiro atoms. The van der Waals surface area contributed by atoms with Gasteiger partial charge in [0.25, 0.3) is 0 Å². The van der Waals surface area contributed by atoms with Gasteiger partial charge in [0, 0.05) is 20.6 Å². The van der Waals surface area contributed by atoms with E-state index in [0.717, 1.165) is 0 Å². The Labute approximate surface area is 79.4 Å². The van der Waals surface area contributed by atoms with Gasteiger partial charge in [0.1, 0.15) is 0 Å². The quantitative estimate of drug-likeness (QED) is 0.614. The van der Waals surface area contributed by atoms with E-state index < -0.39 is 6.29 Å². The van der Waals surface area contributed by atoms with E-state index in [9.17, 15) is 4.79 Å². The maximum Gasteiger partial charge on any atom is 0.217 e. The summed E-state index contributed by atoms with van der Waals surface area (Å²) in [6, 6.07) is 0.